The Labute approximate surface area is 152 Å². The number of pyridine rings is 1. The molecule has 26 heavy (non-hydrogen) atoms. The molecule has 5 rings (SSSR count). The maximum atomic E-state index is 12.6. The fourth-order valence-electron chi connectivity index (χ4n) is 4.29. The number of hydrogen-bond donors (Lipinski definition) is 0. The van der Waals surface area contributed by atoms with Crippen LogP contribution in [0.3, 0.4) is 0 Å². The largest absolute Gasteiger partial charge is 0.371 e. The maximum Gasteiger partial charge on any atom is 0.327 e. The SMILES string of the molecule is O=C1CN(C2CCN(c3ccnc4ccccc34)CC2)C(=O)N1C1CC1. The Balaban J connectivity index is 1.30. The molecule has 1 aromatic heterocycles. The normalized spacial score (nSPS) is 21.9. The van der Waals surface area contributed by atoms with Gasteiger partial charge in [-0.3, -0.25) is 14.7 Å². The van der Waals surface area contributed by atoms with Gasteiger partial charge in [-0.05, 0) is 37.8 Å². The zero-order chi connectivity index (χ0) is 17.7. The topological polar surface area (TPSA) is 56.8 Å². The quantitative estimate of drug-likeness (QED) is 0.799. The number of piperidine rings is 1. The maximum absolute atomic E-state index is 12.6. The van der Waals surface area contributed by atoms with Crippen LogP contribution in [0.15, 0.2) is 36.5 Å². The molecule has 0 bridgehead atoms. The summed E-state index contributed by atoms with van der Waals surface area (Å²) in [6, 6.07) is 10.5. The Morgan fingerprint density at radius 2 is 1.69 bits per heavy atom. The van der Waals surface area contributed by atoms with E-state index in [0.717, 1.165) is 44.3 Å². The zero-order valence-corrected chi connectivity index (χ0v) is 14.7. The van der Waals surface area contributed by atoms with Crippen LogP contribution in [0.2, 0.25) is 0 Å². The molecular weight excluding hydrogens is 328 g/mol. The van der Waals surface area contributed by atoms with Gasteiger partial charge in [-0.25, -0.2) is 4.79 Å². The highest BCUT2D eigenvalue weighted by Gasteiger charge is 2.47. The minimum atomic E-state index is -0.0645. The zero-order valence-electron chi connectivity index (χ0n) is 14.7. The molecule has 1 saturated carbocycles. The molecule has 3 aliphatic rings. The fourth-order valence-corrected chi connectivity index (χ4v) is 4.29. The second-order valence-corrected chi connectivity index (χ2v) is 7.47. The van der Waals surface area contributed by atoms with E-state index < -0.39 is 0 Å². The first kappa shape index (κ1) is 15.6. The molecule has 0 spiro atoms. The van der Waals surface area contributed by atoms with E-state index in [2.05, 4.69) is 22.0 Å². The number of urea groups is 1. The van der Waals surface area contributed by atoms with Crippen molar-refractivity contribution in [2.24, 2.45) is 0 Å². The number of benzene rings is 1. The van der Waals surface area contributed by atoms with Gasteiger partial charge in [-0.2, -0.15) is 0 Å². The molecule has 2 aliphatic heterocycles. The summed E-state index contributed by atoms with van der Waals surface area (Å²) in [5.41, 5.74) is 2.21. The highest BCUT2D eigenvalue weighted by molar-refractivity contribution is 6.02. The highest BCUT2D eigenvalue weighted by atomic mass is 16.2. The Hall–Kier alpha value is -2.63. The summed E-state index contributed by atoms with van der Waals surface area (Å²) >= 11 is 0. The molecule has 0 unspecified atom stereocenters. The minimum absolute atomic E-state index is 0.0138. The van der Waals surface area contributed by atoms with E-state index in [0.29, 0.717) is 0 Å². The fraction of sp³-hybridized carbons (Fsp3) is 0.450. The molecule has 3 fully saturated rings. The van der Waals surface area contributed by atoms with Crippen molar-refractivity contribution in [1.29, 1.82) is 0 Å². The molecule has 0 N–H and O–H groups in total. The summed E-state index contributed by atoms with van der Waals surface area (Å²) < 4.78 is 0. The lowest BCUT2D eigenvalue weighted by molar-refractivity contribution is -0.125. The third-order valence-electron chi connectivity index (χ3n) is 5.81. The van der Waals surface area contributed by atoms with Crippen molar-refractivity contribution in [2.75, 3.05) is 24.5 Å². The van der Waals surface area contributed by atoms with Crippen LogP contribution in [0.4, 0.5) is 10.5 Å². The first-order valence-corrected chi connectivity index (χ1v) is 9.44. The number of rotatable bonds is 3. The van der Waals surface area contributed by atoms with Gasteiger partial charge in [0.2, 0.25) is 0 Å². The predicted octanol–water partition coefficient (Wildman–Crippen LogP) is 2.63. The number of carbonyl (C=O) groups excluding carboxylic acids is 2. The molecule has 0 atom stereocenters. The second-order valence-electron chi connectivity index (χ2n) is 7.47. The van der Waals surface area contributed by atoms with Crippen molar-refractivity contribution in [2.45, 2.75) is 37.8 Å². The minimum Gasteiger partial charge on any atom is -0.371 e. The van der Waals surface area contributed by atoms with Crippen LogP contribution < -0.4 is 4.90 Å². The number of aromatic nitrogens is 1. The molecule has 0 radical (unpaired) electrons. The van der Waals surface area contributed by atoms with Gasteiger partial charge in [-0.15, -0.1) is 0 Å². The van der Waals surface area contributed by atoms with Gasteiger partial charge in [-0.1, -0.05) is 18.2 Å². The lowest BCUT2D eigenvalue weighted by Crippen LogP contribution is -2.46. The van der Waals surface area contributed by atoms with E-state index in [4.69, 9.17) is 0 Å². The molecular formula is C20H22N4O2. The average molecular weight is 350 g/mol. The van der Waals surface area contributed by atoms with E-state index in [-0.39, 0.29) is 30.6 Å². The first-order valence-electron chi connectivity index (χ1n) is 9.44. The van der Waals surface area contributed by atoms with Crippen LogP contribution >= 0.6 is 0 Å². The van der Waals surface area contributed by atoms with Crippen LogP contribution in [0.5, 0.6) is 0 Å². The van der Waals surface area contributed by atoms with Gasteiger partial charge in [0.25, 0.3) is 5.91 Å². The third kappa shape index (κ3) is 2.52. The van der Waals surface area contributed by atoms with Crippen LogP contribution in [0, 0.1) is 0 Å². The van der Waals surface area contributed by atoms with Crippen molar-refractivity contribution in [1.82, 2.24) is 14.8 Å². The van der Waals surface area contributed by atoms with Crippen molar-refractivity contribution in [3.05, 3.63) is 36.5 Å². The summed E-state index contributed by atoms with van der Waals surface area (Å²) in [6.45, 7) is 2.04. The summed E-state index contributed by atoms with van der Waals surface area (Å²) in [5.74, 6) is -0.0138. The number of anilines is 1. The van der Waals surface area contributed by atoms with Crippen molar-refractivity contribution in [3.63, 3.8) is 0 Å². The number of fused-ring (bicyclic) bond motifs is 1. The Morgan fingerprint density at radius 3 is 2.46 bits per heavy atom. The summed E-state index contributed by atoms with van der Waals surface area (Å²) in [5, 5.41) is 1.17. The van der Waals surface area contributed by atoms with Crippen molar-refractivity contribution in [3.8, 4) is 0 Å². The third-order valence-corrected chi connectivity index (χ3v) is 5.81. The molecule has 1 aromatic carbocycles. The number of nitrogens with zero attached hydrogens (tertiary/aromatic N) is 4. The van der Waals surface area contributed by atoms with Crippen LogP contribution in [-0.4, -0.2) is 58.4 Å². The number of amides is 3. The molecule has 2 aromatic rings. The van der Waals surface area contributed by atoms with E-state index in [1.165, 1.54) is 16.0 Å². The van der Waals surface area contributed by atoms with E-state index >= 15 is 0 Å². The van der Waals surface area contributed by atoms with Crippen LogP contribution in [0.25, 0.3) is 10.9 Å². The van der Waals surface area contributed by atoms with Gasteiger partial charge >= 0.3 is 6.03 Å². The molecule has 134 valence electrons. The average Bonchev–Trinajstić information content (AvgIpc) is 3.46. The lowest BCUT2D eigenvalue weighted by atomic mass is 10.0. The first-order chi connectivity index (χ1) is 12.7. The van der Waals surface area contributed by atoms with Gasteiger partial charge in [0.05, 0.1) is 5.52 Å². The highest BCUT2D eigenvalue weighted by Crippen LogP contribution is 2.34. The van der Waals surface area contributed by atoms with Gasteiger partial charge in [0.15, 0.2) is 0 Å². The van der Waals surface area contributed by atoms with Gasteiger partial charge in [0.1, 0.15) is 6.54 Å². The molecule has 6 nitrogen and oxygen atoms in total. The van der Waals surface area contributed by atoms with Crippen LogP contribution in [-0.2, 0) is 4.79 Å². The number of para-hydroxylation sites is 1. The molecule has 2 saturated heterocycles. The Kier molecular flexibility index (Phi) is 3.58. The van der Waals surface area contributed by atoms with Crippen LogP contribution in [0.1, 0.15) is 25.7 Å². The van der Waals surface area contributed by atoms with E-state index in [1.54, 1.807) is 0 Å². The Morgan fingerprint density at radius 1 is 0.923 bits per heavy atom. The molecule has 6 heteroatoms. The Bertz CT molecular complexity index is 866. The van der Waals surface area contributed by atoms with E-state index in [9.17, 15) is 9.59 Å². The molecule has 3 amide bonds. The predicted molar refractivity (Wildman–Crippen MR) is 98.9 cm³/mol. The standard InChI is InChI=1S/C20H22N4O2/c25-19-13-23(20(26)24(19)15-5-6-15)14-8-11-22(12-9-14)18-7-10-21-17-4-2-1-3-16(17)18/h1-4,7,10,14-15H,5-6,8-9,11-13H2. The summed E-state index contributed by atoms with van der Waals surface area (Å²) in [4.78, 5) is 35.0. The number of imide groups is 1. The molecule has 3 heterocycles. The lowest BCUT2D eigenvalue weighted by Gasteiger charge is -2.37. The smallest absolute Gasteiger partial charge is 0.327 e. The monoisotopic (exact) mass is 350 g/mol. The van der Waals surface area contributed by atoms with E-state index in [1.807, 2.05) is 29.3 Å². The molecule has 1 aliphatic carbocycles. The second kappa shape index (κ2) is 5.97. The number of hydrogen-bond acceptors (Lipinski definition) is 4. The van der Waals surface area contributed by atoms with Gasteiger partial charge < -0.3 is 9.80 Å². The van der Waals surface area contributed by atoms with Gasteiger partial charge in [0, 0.05) is 42.4 Å². The van der Waals surface area contributed by atoms with Crippen molar-refractivity contribution < 1.29 is 9.59 Å². The number of carbonyl (C=O) groups is 2. The summed E-state index contributed by atoms with van der Waals surface area (Å²) in [7, 11) is 0. The summed E-state index contributed by atoms with van der Waals surface area (Å²) in [6.07, 6.45) is 5.60. The van der Waals surface area contributed by atoms with Crippen molar-refractivity contribution >= 4 is 28.5 Å².